The molecule has 1 aromatic carbocycles. The molecule has 1 heteroatoms. The first-order chi connectivity index (χ1) is 8.74. The number of benzene rings is 1. The van der Waals surface area contributed by atoms with Crippen LogP contribution in [0.15, 0.2) is 36.4 Å². The molecule has 1 nitrogen and oxygen atoms in total. The lowest BCUT2D eigenvalue weighted by molar-refractivity contribution is 0.592. The molecule has 0 saturated carbocycles. The topological polar surface area (TPSA) is 12.9 Å². The van der Waals surface area contributed by atoms with Crippen molar-refractivity contribution in [1.29, 1.82) is 0 Å². The fraction of sp³-hybridized carbons (Fsp3) is 0.353. The van der Waals surface area contributed by atoms with Gasteiger partial charge in [0.15, 0.2) is 0 Å². The number of fused-ring (bicyclic) bond motifs is 1. The largest absolute Gasteiger partial charge is 0.248 e. The summed E-state index contributed by atoms with van der Waals surface area (Å²) in [5.41, 5.74) is 5.06. The van der Waals surface area contributed by atoms with Crippen LogP contribution in [-0.4, -0.2) is 4.98 Å². The molecule has 0 fully saturated rings. The van der Waals surface area contributed by atoms with Gasteiger partial charge in [0.05, 0.1) is 11.2 Å². The molecule has 18 heavy (non-hydrogen) atoms. The molecule has 92 valence electrons. The Hall–Kier alpha value is -1.63. The standard InChI is InChI=1S/C17H19N/c1-12-6-5-7-14(10-12)17-11-13(2)15-8-3-4-9-16(15)18-17/h3-4,8-12H,5-7H2,1-2H3. The molecular weight excluding hydrogens is 218 g/mol. The van der Waals surface area contributed by atoms with Crippen molar-refractivity contribution < 1.29 is 0 Å². The Balaban J connectivity index is 2.13. The maximum absolute atomic E-state index is 4.83. The van der Waals surface area contributed by atoms with Gasteiger partial charge in [-0.25, -0.2) is 4.98 Å². The lowest BCUT2D eigenvalue weighted by Crippen LogP contribution is -2.02. The normalized spacial score (nSPS) is 19.9. The Labute approximate surface area is 109 Å². The fourth-order valence-corrected chi connectivity index (χ4v) is 2.85. The number of nitrogens with zero attached hydrogens (tertiary/aromatic N) is 1. The molecule has 3 rings (SSSR count). The quantitative estimate of drug-likeness (QED) is 0.697. The molecule has 0 saturated heterocycles. The van der Waals surface area contributed by atoms with Crippen LogP contribution in [0.25, 0.3) is 16.5 Å². The Bertz CT molecular complexity index is 610. The van der Waals surface area contributed by atoms with Crippen molar-refractivity contribution in [2.45, 2.75) is 33.1 Å². The molecule has 1 aromatic heterocycles. The minimum absolute atomic E-state index is 0.697. The SMILES string of the molecule is Cc1cc(C2=CC(C)CCC2)nc2ccccc12. The Morgan fingerprint density at radius 3 is 2.89 bits per heavy atom. The monoisotopic (exact) mass is 237 g/mol. The van der Waals surface area contributed by atoms with Crippen LogP contribution in [0.5, 0.6) is 0 Å². The van der Waals surface area contributed by atoms with E-state index in [1.165, 1.54) is 41.5 Å². The number of hydrogen-bond donors (Lipinski definition) is 0. The summed E-state index contributed by atoms with van der Waals surface area (Å²) in [6.07, 6.45) is 6.19. The maximum Gasteiger partial charge on any atom is 0.0712 e. The third kappa shape index (κ3) is 2.05. The van der Waals surface area contributed by atoms with E-state index in [1.54, 1.807) is 0 Å². The van der Waals surface area contributed by atoms with Gasteiger partial charge < -0.3 is 0 Å². The highest BCUT2D eigenvalue weighted by molar-refractivity contribution is 5.84. The number of aryl methyl sites for hydroxylation is 1. The second kappa shape index (κ2) is 4.56. The van der Waals surface area contributed by atoms with Gasteiger partial charge in [-0.1, -0.05) is 31.2 Å². The number of aromatic nitrogens is 1. The first-order valence-corrected chi connectivity index (χ1v) is 6.81. The van der Waals surface area contributed by atoms with Crippen LogP contribution in [-0.2, 0) is 0 Å². The average molecular weight is 237 g/mol. The van der Waals surface area contributed by atoms with Gasteiger partial charge in [-0.15, -0.1) is 0 Å². The summed E-state index contributed by atoms with van der Waals surface area (Å²) in [7, 11) is 0. The van der Waals surface area contributed by atoms with Gasteiger partial charge in [0.2, 0.25) is 0 Å². The molecule has 1 unspecified atom stereocenters. The van der Waals surface area contributed by atoms with E-state index in [0.717, 1.165) is 5.52 Å². The van der Waals surface area contributed by atoms with Crippen LogP contribution in [0.4, 0.5) is 0 Å². The zero-order valence-electron chi connectivity index (χ0n) is 11.1. The molecule has 0 N–H and O–H groups in total. The van der Waals surface area contributed by atoms with Crippen molar-refractivity contribution in [3.63, 3.8) is 0 Å². The highest BCUT2D eigenvalue weighted by Crippen LogP contribution is 2.30. The highest BCUT2D eigenvalue weighted by atomic mass is 14.7. The smallest absolute Gasteiger partial charge is 0.0712 e. The van der Waals surface area contributed by atoms with Crippen LogP contribution in [0, 0.1) is 12.8 Å². The summed E-state index contributed by atoms with van der Waals surface area (Å²) in [5.74, 6) is 0.697. The molecule has 1 aliphatic rings. The van der Waals surface area contributed by atoms with Crippen LogP contribution in [0.2, 0.25) is 0 Å². The number of rotatable bonds is 1. The zero-order chi connectivity index (χ0) is 12.5. The van der Waals surface area contributed by atoms with Crippen molar-refractivity contribution in [3.05, 3.63) is 47.7 Å². The number of allylic oxidation sites excluding steroid dienone is 2. The van der Waals surface area contributed by atoms with Gasteiger partial charge >= 0.3 is 0 Å². The summed E-state index contributed by atoms with van der Waals surface area (Å²) in [5, 5.41) is 1.27. The van der Waals surface area contributed by atoms with E-state index in [4.69, 9.17) is 4.98 Å². The van der Waals surface area contributed by atoms with Crippen molar-refractivity contribution in [1.82, 2.24) is 4.98 Å². The van der Waals surface area contributed by atoms with Crippen LogP contribution < -0.4 is 0 Å². The molecule has 2 aromatic rings. The molecule has 1 aliphatic carbocycles. The minimum atomic E-state index is 0.697. The van der Waals surface area contributed by atoms with E-state index in [-0.39, 0.29) is 0 Å². The Kier molecular flexibility index (Phi) is 2.91. The lowest BCUT2D eigenvalue weighted by atomic mass is 9.89. The van der Waals surface area contributed by atoms with Gasteiger partial charge in [0.25, 0.3) is 0 Å². The summed E-state index contributed by atoms with van der Waals surface area (Å²) in [6, 6.07) is 10.7. The van der Waals surface area contributed by atoms with Gasteiger partial charge in [-0.3, -0.25) is 0 Å². The Morgan fingerprint density at radius 1 is 1.22 bits per heavy atom. The molecule has 0 aliphatic heterocycles. The Morgan fingerprint density at radius 2 is 2.06 bits per heavy atom. The molecule has 0 radical (unpaired) electrons. The van der Waals surface area contributed by atoms with Crippen molar-refractivity contribution >= 4 is 16.5 Å². The average Bonchev–Trinajstić information content (AvgIpc) is 2.39. The lowest BCUT2D eigenvalue weighted by Gasteiger charge is -2.18. The summed E-state index contributed by atoms with van der Waals surface area (Å²) in [4.78, 5) is 4.83. The van der Waals surface area contributed by atoms with Crippen LogP contribution in [0.1, 0.15) is 37.4 Å². The third-order valence-corrected chi connectivity index (χ3v) is 3.84. The predicted octanol–water partition coefficient (Wildman–Crippen LogP) is 4.75. The van der Waals surface area contributed by atoms with Gasteiger partial charge in [-0.2, -0.15) is 0 Å². The number of para-hydroxylation sites is 1. The molecule has 0 amide bonds. The summed E-state index contributed by atoms with van der Waals surface area (Å²) >= 11 is 0. The zero-order valence-corrected chi connectivity index (χ0v) is 11.1. The second-order valence-corrected chi connectivity index (χ2v) is 5.40. The number of pyridine rings is 1. The summed E-state index contributed by atoms with van der Waals surface area (Å²) < 4.78 is 0. The highest BCUT2D eigenvalue weighted by Gasteiger charge is 2.13. The van der Waals surface area contributed by atoms with E-state index < -0.39 is 0 Å². The van der Waals surface area contributed by atoms with Crippen LogP contribution >= 0.6 is 0 Å². The van der Waals surface area contributed by atoms with Gasteiger partial charge in [0, 0.05) is 5.39 Å². The number of hydrogen-bond acceptors (Lipinski definition) is 1. The van der Waals surface area contributed by atoms with E-state index in [1.807, 2.05) is 0 Å². The maximum atomic E-state index is 4.83. The molecule has 1 heterocycles. The van der Waals surface area contributed by atoms with E-state index in [0.29, 0.717) is 5.92 Å². The minimum Gasteiger partial charge on any atom is -0.248 e. The second-order valence-electron chi connectivity index (χ2n) is 5.40. The molecular formula is C17H19N. The fourth-order valence-electron chi connectivity index (χ4n) is 2.85. The van der Waals surface area contributed by atoms with Crippen molar-refractivity contribution in [3.8, 4) is 0 Å². The van der Waals surface area contributed by atoms with E-state index in [2.05, 4.69) is 50.3 Å². The summed E-state index contributed by atoms with van der Waals surface area (Å²) in [6.45, 7) is 4.48. The first kappa shape index (κ1) is 11.5. The van der Waals surface area contributed by atoms with Crippen molar-refractivity contribution in [2.24, 2.45) is 5.92 Å². The molecule has 1 atom stereocenters. The third-order valence-electron chi connectivity index (χ3n) is 3.84. The van der Waals surface area contributed by atoms with Crippen molar-refractivity contribution in [2.75, 3.05) is 0 Å². The van der Waals surface area contributed by atoms with E-state index >= 15 is 0 Å². The van der Waals surface area contributed by atoms with Crippen LogP contribution in [0.3, 0.4) is 0 Å². The predicted molar refractivity (Wildman–Crippen MR) is 77.5 cm³/mol. The van der Waals surface area contributed by atoms with E-state index in [9.17, 15) is 0 Å². The van der Waals surface area contributed by atoms with Gasteiger partial charge in [-0.05, 0) is 55.4 Å². The first-order valence-electron chi connectivity index (χ1n) is 6.81. The molecule has 0 bridgehead atoms. The molecule has 0 spiro atoms. The van der Waals surface area contributed by atoms with Gasteiger partial charge in [0.1, 0.15) is 0 Å².